The van der Waals surface area contributed by atoms with Gasteiger partial charge >= 0.3 is 34.6 Å². The van der Waals surface area contributed by atoms with Crippen LogP contribution in [0.4, 0.5) is 0 Å². The molecule has 0 atom stereocenters. The van der Waals surface area contributed by atoms with Crippen molar-refractivity contribution in [1.82, 2.24) is 0 Å². The second-order valence-corrected chi connectivity index (χ2v) is 11.6. The van der Waals surface area contributed by atoms with Crippen LogP contribution in [0.15, 0.2) is 0 Å². The third-order valence-corrected chi connectivity index (χ3v) is 0. The van der Waals surface area contributed by atoms with Crippen LogP contribution < -0.4 is 0 Å². The van der Waals surface area contributed by atoms with Crippen LogP contribution in [0, 0.1) is 0 Å². The van der Waals surface area contributed by atoms with Gasteiger partial charge in [-0.3, -0.25) is 0 Å². The van der Waals surface area contributed by atoms with Gasteiger partial charge in [0.2, 0.25) is 0 Å². The summed E-state index contributed by atoms with van der Waals surface area (Å²) < 4.78 is 0. The van der Waals surface area contributed by atoms with E-state index in [0.717, 1.165) is 0 Å². The van der Waals surface area contributed by atoms with Gasteiger partial charge in [0.25, 0.3) is 0 Å². The van der Waals surface area contributed by atoms with Crippen molar-refractivity contribution in [2.75, 3.05) is 0 Å². The Morgan fingerprint density at radius 3 is 1.00 bits per heavy atom. The Morgan fingerprint density at radius 2 is 1.00 bits per heavy atom. The third kappa shape index (κ3) is 62.9. The van der Waals surface area contributed by atoms with E-state index in [9.17, 15) is 0 Å². The topological polar surface area (TPSA) is 31.5 Å². The Labute approximate surface area is 40.4 Å². The summed E-state index contributed by atoms with van der Waals surface area (Å²) in [4.78, 5) is 7.13. The molecule has 0 fully saturated rings. The van der Waals surface area contributed by atoms with Gasteiger partial charge in [0.15, 0.2) is 0 Å². The molecular formula is C3H12OSn. The van der Waals surface area contributed by atoms with E-state index in [1.165, 1.54) is 0 Å². The van der Waals surface area contributed by atoms with Crippen molar-refractivity contribution in [3.8, 4) is 0 Å². The third-order valence-electron chi connectivity index (χ3n) is 0. The molecule has 0 aromatic rings. The molecule has 0 amide bonds. The van der Waals surface area contributed by atoms with Crippen molar-refractivity contribution in [2.45, 2.75) is 14.8 Å². The van der Waals surface area contributed by atoms with E-state index in [1.54, 1.807) is 0 Å². The molecule has 0 saturated heterocycles. The molecule has 34 valence electrons. The van der Waals surface area contributed by atoms with Gasteiger partial charge in [0.05, 0.1) is 0 Å². The van der Waals surface area contributed by atoms with Crippen molar-refractivity contribution in [3.05, 3.63) is 0 Å². The molecule has 0 aliphatic carbocycles. The first-order valence-electron chi connectivity index (χ1n) is 1.73. The van der Waals surface area contributed by atoms with Crippen LogP contribution in [0.3, 0.4) is 0 Å². The molecule has 0 bridgehead atoms. The molecule has 2 heteroatoms. The summed E-state index contributed by atoms with van der Waals surface area (Å²) in [7, 11) is 0. The maximum absolute atomic E-state index is 2.38. The van der Waals surface area contributed by atoms with E-state index in [2.05, 4.69) is 14.8 Å². The van der Waals surface area contributed by atoms with E-state index in [1.807, 2.05) is 0 Å². The molecular weight excluding hydrogens is 171 g/mol. The molecule has 0 radical (unpaired) electrons. The molecule has 0 aromatic heterocycles. The minimum absolute atomic E-state index is 0. The van der Waals surface area contributed by atoms with Gasteiger partial charge in [-0.1, -0.05) is 0 Å². The summed E-state index contributed by atoms with van der Waals surface area (Å²) in [5, 5.41) is 0. The van der Waals surface area contributed by atoms with E-state index in [-0.39, 0.29) is 5.48 Å². The van der Waals surface area contributed by atoms with Gasteiger partial charge in [-0.15, -0.1) is 0 Å². The van der Waals surface area contributed by atoms with Crippen LogP contribution in [0.25, 0.3) is 0 Å². The fraction of sp³-hybridized carbons (Fsp3) is 1.00. The zero-order chi connectivity index (χ0) is 3.58. The first-order chi connectivity index (χ1) is 1.73. The fourth-order valence-electron chi connectivity index (χ4n) is 0. The average Bonchev–Trinajstić information content (AvgIpc) is 0.811. The van der Waals surface area contributed by atoms with Crippen molar-refractivity contribution < 1.29 is 5.48 Å². The molecule has 0 saturated carbocycles. The SMILES string of the molecule is O.[CH3][SnH]([CH3])[CH3]. The van der Waals surface area contributed by atoms with Crippen LogP contribution in [0.5, 0.6) is 0 Å². The fourth-order valence-corrected chi connectivity index (χ4v) is 0. The Bertz CT molecular complexity index is 11.6. The summed E-state index contributed by atoms with van der Waals surface area (Å²) >= 11 is -0.637. The first kappa shape index (κ1) is 9.23. The van der Waals surface area contributed by atoms with Gasteiger partial charge in [-0.25, -0.2) is 0 Å². The normalized spacial score (nSPS) is 7.20. The molecule has 0 rings (SSSR count). The van der Waals surface area contributed by atoms with E-state index in [4.69, 9.17) is 0 Å². The predicted octanol–water partition coefficient (Wildman–Crippen LogP) is 0.278. The Hall–Kier alpha value is 0.759. The average molecular weight is 183 g/mol. The monoisotopic (exact) mass is 184 g/mol. The minimum atomic E-state index is -0.637. The zero-order valence-corrected chi connectivity index (χ0v) is 7.37. The summed E-state index contributed by atoms with van der Waals surface area (Å²) in [5.74, 6) is 0. The van der Waals surface area contributed by atoms with Crippen molar-refractivity contribution in [2.24, 2.45) is 0 Å². The van der Waals surface area contributed by atoms with E-state index < -0.39 is 19.8 Å². The van der Waals surface area contributed by atoms with Crippen LogP contribution in [-0.4, -0.2) is 25.2 Å². The molecule has 2 N–H and O–H groups in total. The van der Waals surface area contributed by atoms with E-state index in [0.29, 0.717) is 0 Å². The van der Waals surface area contributed by atoms with Crippen molar-refractivity contribution in [3.63, 3.8) is 0 Å². The summed E-state index contributed by atoms with van der Waals surface area (Å²) in [6.07, 6.45) is 0. The van der Waals surface area contributed by atoms with Gasteiger partial charge < -0.3 is 5.48 Å². The molecule has 0 aliphatic heterocycles. The van der Waals surface area contributed by atoms with Crippen molar-refractivity contribution in [1.29, 1.82) is 0 Å². The van der Waals surface area contributed by atoms with Gasteiger partial charge in [0, 0.05) is 0 Å². The van der Waals surface area contributed by atoms with Gasteiger partial charge in [0.1, 0.15) is 0 Å². The zero-order valence-electron chi connectivity index (χ0n) is 4.08. The summed E-state index contributed by atoms with van der Waals surface area (Å²) in [5.41, 5.74) is 0. The Kier molecular flexibility index (Phi) is 8.79. The summed E-state index contributed by atoms with van der Waals surface area (Å²) in [6.45, 7) is 0. The van der Waals surface area contributed by atoms with Crippen LogP contribution >= 0.6 is 0 Å². The maximum atomic E-state index is 2.38. The number of hydrogen-bond acceptors (Lipinski definition) is 0. The standard InChI is InChI=1S/3CH3.H2O.Sn.H/h3*1H3;1H2;;. The number of hydrogen-bond donors (Lipinski definition) is 0. The molecule has 0 aromatic carbocycles. The van der Waals surface area contributed by atoms with E-state index >= 15 is 0 Å². The molecule has 0 spiro atoms. The molecule has 5 heavy (non-hydrogen) atoms. The Morgan fingerprint density at radius 1 is 1.00 bits per heavy atom. The molecule has 0 heterocycles. The summed E-state index contributed by atoms with van der Waals surface area (Å²) in [6, 6.07) is 0. The van der Waals surface area contributed by atoms with Gasteiger partial charge in [-0.05, 0) is 0 Å². The molecule has 0 aliphatic rings. The van der Waals surface area contributed by atoms with Crippen LogP contribution in [0.2, 0.25) is 14.8 Å². The molecule has 0 unspecified atom stereocenters. The molecule has 1 nitrogen and oxygen atoms in total. The van der Waals surface area contributed by atoms with Crippen molar-refractivity contribution >= 4 is 19.8 Å². The number of rotatable bonds is 0. The second-order valence-electron chi connectivity index (χ2n) is 1.73. The Balaban J connectivity index is 0. The van der Waals surface area contributed by atoms with Crippen LogP contribution in [-0.2, 0) is 0 Å². The van der Waals surface area contributed by atoms with Gasteiger partial charge in [-0.2, -0.15) is 0 Å². The van der Waals surface area contributed by atoms with Crippen LogP contribution in [0.1, 0.15) is 0 Å². The first-order valence-corrected chi connectivity index (χ1v) is 11.6. The second kappa shape index (κ2) is 4.76. The quantitative estimate of drug-likeness (QED) is 0.483. The predicted molar refractivity (Wildman–Crippen MR) is 28.4 cm³/mol.